The van der Waals surface area contributed by atoms with Crippen LogP contribution in [0, 0.1) is 17.0 Å². The zero-order valence-electron chi connectivity index (χ0n) is 14.9. The van der Waals surface area contributed by atoms with Gasteiger partial charge in [0.1, 0.15) is 11.4 Å². The molecule has 3 aromatic rings. The summed E-state index contributed by atoms with van der Waals surface area (Å²) in [6.07, 6.45) is 1.52. The van der Waals surface area contributed by atoms with Crippen LogP contribution in [0.5, 0.6) is 5.75 Å². The fraction of sp³-hybridized carbons (Fsp3) is 0.158. The summed E-state index contributed by atoms with van der Waals surface area (Å²) in [6, 6.07) is 11.7. The smallest absolute Gasteiger partial charge is 0.288 e. The maximum Gasteiger partial charge on any atom is 0.288 e. The largest absolute Gasteiger partial charge is 0.494 e. The van der Waals surface area contributed by atoms with Crippen molar-refractivity contribution >= 4 is 28.7 Å². The van der Waals surface area contributed by atoms with Crippen LogP contribution in [0.15, 0.2) is 47.6 Å². The van der Waals surface area contributed by atoms with Crippen LogP contribution in [0.4, 0.5) is 5.69 Å². The van der Waals surface area contributed by atoms with Gasteiger partial charge in [0.2, 0.25) is 0 Å². The van der Waals surface area contributed by atoms with Gasteiger partial charge in [-0.3, -0.25) is 14.9 Å². The van der Waals surface area contributed by atoms with Crippen molar-refractivity contribution in [1.82, 2.24) is 10.4 Å². The molecule has 0 radical (unpaired) electrons. The third-order valence-corrected chi connectivity index (χ3v) is 4.05. The summed E-state index contributed by atoms with van der Waals surface area (Å²) >= 11 is 0. The van der Waals surface area contributed by atoms with E-state index in [1.165, 1.54) is 18.3 Å². The highest BCUT2D eigenvalue weighted by molar-refractivity contribution is 6.01. The Morgan fingerprint density at radius 1 is 1.30 bits per heavy atom. The number of aromatic amines is 1. The molecule has 1 heterocycles. The Hall–Kier alpha value is -3.68. The topological polar surface area (TPSA) is 110 Å². The predicted molar refractivity (Wildman–Crippen MR) is 102 cm³/mol. The number of nitrogens with one attached hydrogen (secondary N) is 2. The Kier molecular flexibility index (Phi) is 5.16. The molecule has 0 aliphatic carbocycles. The molecular weight excluding hydrogens is 348 g/mol. The molecule has 0 aliphatic heterocycles. The molecule has 3 rings (SSSR count). The lowest BCUT2D eigenvalue weighted by Crippen LogP contribution is -2.18. The first-order valence-electron chi connectivity index (χ1n) is 8.32. The van der Waals surface area contributed by atoms with Crippen LogP contribution in [0.2, 0.25) is 0 Å². The Balaban J connectivity index is 1.74. The average molecular weight is 366 g/mol. The summed E-state index contributed by atoms with van der Waals surface area (Å²) in [5.41, 5.74) is 4.84. The van der Waals surface area contributed by atoms with E-state index in [2.05, 4.69) is 15.5 Å². The number of ether oxygens (including phenoxy) is 1. The number of non-ortho nitro benzene ring substituents is 1. The van der Waals surface area contributed by atoms with E-state index in [0.717, 1.165) is 11.3 Å². The molecule has 2 aromatic carbocycles. The number of nitrogens with zero attached hydrogens (tertiary/aromatic N) is 2. The third kappa shape index (κ3) is 3.95. The number of hydrogen-bond donors (Lipinski definition) is 2. The van der Waals surface area contributed by atoms with Crippen molar-refractivity contribution in [2.45, 2.75) is 13.8 Å². The van der Waals surface area contributed by atoms with Crippen LogP contribution < -0.4 is 10.2 Å². The molecular formula is C19H18N4O4. The summed E-state index contributed by atoms with van der Waals surface area (Å²) in [5, 5.41) is 15.5. The van der Waals surface area contributed by atoms with Gasteiger partial charge in [0, 0.05) is 23.0 Å². The van der Waals surface area contributed by atoms with Crippen molar-refractivity contribution in [2.24, 2.45) is 5.10 Å². The van der Waals surface area contributed by atoms with Crippen LogP contribution in [0.25, 0.3) is 10.9 Å². The highest BCUT2D eigenvalue weighted by Crippen LogP contribution is 2.26. The van der Waals surface area contributed by atoms with Gasteiger partial charge in [0.15, 0.2) is 0 Å². The summed E-state index contributed by atoms with van der Waals surface area (Å²) in [5.74, 6) is 0.343. The molecule has 8 heteroatoms. The second kappa shape index (κ2) is 7.69. The van der Waals surface area contributed by atoms with Crippen LogP contribution in [-0.2, 0) is 0 Å². The Morgan fingerprint density at radius 2 is 2.04 bits per heavy atom. The van der Waals surface area contributed by atoms with E-state index in [0.29, 0.717) is 28.8 Å². The number of amides is 1. The standard InChI is InChI=1S/C19H18N4O4/c1-3-27-15-7-4-13(5-8-15)11-20-22-19(24)18-12(2)16-10-14(23(25)26)6-9-17(16)21-18/h4-11,21H,3H2,1-2H3,(H,22,24)/b20-11-. The number of aryl methyl sites for hydroxylation is 1. The number of fused-ring (bicyclic) bond motifs is 1. The monoisotopic (exact) mass is 366 g/mol. The normalized spacial score (nSPS) is 11.0. The minimum atomic E-state index is -0.466. The molecule has 8 nitrogen and oxygen atoms in total. The lowest BCUT2D eigenvalue weighted by atomic mass is 10.1. The van der Waals surface area contributed by atoms with E-state index in [-0.39, 0.29) is 5.69 Å². The summed E-state index contributed by atoms with van der Waals surface area (Å²) in [7, 11) is 0. The van der Waals surface area contributed by atoms with Gasteiger partial charge in [-0.05, 0) is 55.3 Å². The highest BCUT2D eigenvalue weighted by atomic mass is 16.6. The van der Waals surface area contributed by atoms with Gasteiger partial charge >= 0.3 is 0 Å². The van der Waals surface area contributed by atoms with Crippen molar-refractivity contribution in [3.63, 3.8) is 0 Å². The first-order valence-corrected chi connectivity index (χ1v) is 8.32. The van der Waals surface area contributed by atoms with Gasteiger partial charge in [-0.15, -0.1) is 0 Å². The van der Waals surface area contributed by atoms with Crippen LogP contribution >= 0.6 is 0 Å². The molecule has 27 heavy (non-hydrogen) atoms. The van der Waals surface area contributed by atoms with Crippen molar-refractivity contribution in [1.29, 1.82) is 0 Å². The fourth-order valence-electron chi connectivity index (χ4n) is 2.69. The maximum atomic E-state index is 12.4. The van der Waals surface area contributed by atoms with Gasteiger partial charge in [-0.25, -0.2) is 5.43 Å². The van der Waals surface area contributed by atoms with E-state index >= 15 is 0 Å². The van der Waals surface area contributed by atoms with E-state index in [1.807, 2.05) is 31.2 Å². The van der Waals surface area contributed by atoms with Crippen LogP contribution in [-0.4, -0.2) is 28.6 Å². The minimum absolute atomic E-state index is 0.0231. The number of rotatable bonds is 6. The van der Waals surface area contributed by atoms with E-state index in [1.54, 1.807) is 13.0 Å². The van der Waals surface area contributed by atoms with E-state index in [9.17, 15) is 14.9 Å². The number of nitro groups is 1. The van der Waals surface area contributed by atoms with Crippen LogP contribution in [0.3, 0.4) is 0 Å². The number of hydrazone groups is 1. The van der Waals surface area contributed by atoms with Crippen LogP contribution in [0.1, 0.15) is 28.5 Å². The van der Waals surface area contributed by atoms with Gasteiger partial charge < -0.3 is 9.72 Å². The van der Waals surface area contributed by atoms with Crippen molar-refractivity contribution < 1.29 is 14.5 Å². The summed E-state index contributed by atoms with van der Waals surface area (Å²) in [6.45, 7) is 4.24. The van der Waals surface area contributed by atoms with Gasteiger partial charge in [-0.1, -0.05) is 0 Å². The molecule has 0 aliphatic rings. The van der Waals surface area contributed by atoms with Gasteiger partial charge in [0.05, 0.1) is 17.7 Å². The molecule has 0 unspecified atom stereocenters. The number of carbonyl (C=O) groups excluding carboxylic acids is 1. The second-order valence-electron chi connectivity index (χ2n) is 5.81. The number of nitro benzene ring substituents is 1. The molecule has 138 valence electrons. The zero-order chi connectivity index (χ0) is 19.4. The summed E-state index contributed by atoms with van der Waals surface area (Å²) < 4.78 is 5.37. The number of carbonyl (C=O) groups is 1. The Labute approximate surface area is 155 Å². The first kappa shape index (κ1) is 18.1. The lowest BCUT2D eigenvalue weighted by Gasteiger charge is -2.02. The lowest BCUT2D eigenvalue weighted by molar-refractivity contribution is -0.384. The van der Waals surface area contributed by atoms with Gasteiger partial charge in [-0.2, -0.15) is 5.10 Å². The number of aromatic nitrogens is 1. The fourth-order valence-corrected chi connectivity index (χ4v) is 2.69. The highest BCUT2D eigenvalue weighted by Gasteiger charge is 2.16. The molecule has 0 spiro atoms. The summed E-state index contributed by atoms with van der Waals surface area (Å²) in [4.78, 5) is 25.8. The molecule has 0 saturated carbocycles. The molecule has 1 amide bonds. The number of hydrogen-bond acceptors (Lipinski definition) is 5. The SMILES string of the molecule is CCOc1ccc(/C=N\NC(=O)c2[nH]c3ccc([N+](=O)[O-])cc3c2C)cc1. The molecule has 0 fully saturated rings. The van der Waals surface area contributed by atoms with Gasteiger partial charge in [0.25, 0.3) is 11.6 Å². The first-order chi connectivity index (χ1) is 13.0. The molecule has 1 aromatic heterocycles. The zero-order valence-corrected chi connectivity index (χ0v) is 14.9. The second-order valence-corrected chi connectivity index (χ2v) is 5.81. The maximum absolute atomic E-state index is 12.4. The quantitative estimate of drug-likeness (QED) is 0.395. The van der Waals surface area contributed by atoms with Crippen molar-refractivity contribution in [2.75, 3.05) is 6.61 Å². The van der Waals surface area contributed by atoms with Crippen molar-refractivity contribution in [3.05, 3.63) is 69.4 Å². The van der Waals surface area contributed by atoms with E-state index < -0.39 is 10.8 Å². The Morgan fingerprint density at radius 3 is 2.70 bits per heavy atom. The predicted octanol–water partition coefficient (Wildman–Crippen LogP) is 3.55. The number of benzene rings is 2. The average Bonchev–Trinajstić information content (AvgIpc) is 2.99. The molecule has 0 bridgehead atoms. The number of H-pyrrole nitrogens is 1. The molecule has 0 saturated heterocycles. The minimum Gasteiger partial charge on any atom is -0.494 e. The third-order valence-electron chi connectivity index (χ3n) is 4.05. The molecule has 2 N–H and O–H groups in total. The van der Waals surface area contributed by atoms with E-state index in [4.69, 9.17) is 4.74 Å². The molecule has 0 atom stereocenters. The Bertz CT molecular complexity index is 1020. The van der Waals surface area contributed by atoms with Crippen molar-refractivity contribution in [3.8, 4) is 5.75 Å².